The Balaban J connectivity index is 2.84. The van der Waals surface area contributed by atoms with Crippen LogP contribution in [-0.2, 0) is 0 Å². The number of benzene rings is 1. The standard InChI is InChI=1S/C11H9F3N2O/c12-11(13,14)17-9-5-4-8(10(16)7-9)3-1-2-6-15/h1,3-5,7H,2,16H2. The molecule has 6 heteroatoms. The predicted octanol–water partition coefficient (Wildman–Crippen LogP) is 3.09. The number of alkyl halides is 3. The summed E-state index contributed by atoms with van der Waals surface area (Å²) in [5, 5.41) is 8.31. The first-order valence-electron chi connectivity index (χ1n) is 4.61. The van der Waals surface area contributed by atoms with Gasteiger partial charge in [0.2, 0.25) is 0 Å². The van der Waals surface area contributed by atoms with Gasteiger partial charge in [-0.3, -0.25) is 0 Å². The van der Waals surface area contributed by atoms with Crippen LogP contribution < -0.4 is 10.5 Å². The molecule has 90 valence electrons. The minimum Gasteiger partial charge on any atom is -0.406 e. The number of allylic oxidation sites excluding steroid dienone is 1. The van der Waals surface area contributed by atoms with E-state index < -0.39 is 6.36 Å². The van der Waals surface area contributed by atoms with Gasteiger partial charge in [0.15, 0.2) is 0 Å². The van der Waals surface area contributed by atoms with Crippen molar-refractivity contribution in [1.29, 1.82) is 5.26 Å². The molecule has 0 aliphatic heterocycles. The van der Waals surface area contributed by atoms with Gasteiger partial charge in [-0.15, -0.1) is 13.2 Å². The summed E-state index contributed by atoms with van der Waals surface area (Å²) in [6, 6.07) is 5.54. The Kier molecular flexibility index (Phi) is 3.99. The number of anilines is 1. The Hall–Kier alpha value is -2.16. The summed E-state index contributed by atoms with van der Waals surface area (Å²) in [4.78, 5) is 0. The Morgan fingerprint density at radius 3 is 2.65 bits per heavy atom. The average molecular weight is 242 g/mol. The van der Waals surface area contributed by atoms with Crippen LogP contribution in [-0.4, -0.2) is 6.36 Å². The summed E-state index contributed by atoms with van der Waals surface area (Å²) >= 11 is 0. The molecule has 0 bridgehead atoms. The van der Waals surface area contributed by atoms with E-state index in [1.807, 2.05) is 6.07 Å². The van der Waals surface area contributed by atoms with E-state index in [1.165, 1.54) is 6.07 Å². The summed E-state index contributed by atoms with van der Waals surface area (Å²) in [7, 11) is 0. The molecule has 0 aromatic heterocycles. The van der Waals surface area contributed by atoms with Gasteiger partial charge in [0.05, 0.1) is 12.5 Å². The maximum Gasteiger partial charge on any atom is 0.573 e. The molecule has 0 fully saturated rings. The van der Waals surface area contributed by atoms with E-state index in [0.29, 0.717) is 5.56 Å². The minimum atomic E-state index is -4.73. The number of ether oxygens (including phenoxy) is 1. The molecule has 0 saturated carbocycles. The molecular formula is C11H9F3N2O. The molecule has 0 aliphatic carbocycles. The highest BCUT2D eigenvalue weighted by molar-refractivity contribution is 5.66. The van der Waals surface area contributed by atoms with Crippen molar-refractivity contribution in [2.24, 2.45) is 0 Å². The zero-order valence-electron chi connectivity index (χ0n) is 8.66. The van der Waals surface area contributed by atoms with Gasteiger partial charge in [-0.05, 0) is 17.7 Å². The van der Waals surface area contributed by atoms with E-state index in [9.17, 15) is 13.2 Å². The molecule has 0 heterocycles. The van der Waals surface area contributed by atoms with Gasteiger partial charge in [-0.25, -0.2) is 0 Å². The fourth-order valence-electron chi connectivity index (χ4n) is 1.14. The maximum atomic E-state index is 11.9. The van der Waals surface area contributed by atoms with Crippen molar-refractivity contribution in [1.82, 2.24) is 0 Å². The SMILES string of the molecule is N#CCC=Cc1ccc(OC(F)(F)F)cc1N. The van der Waals surface area contributed by atoms with E-state index in [0.717, 1.165) is 12.1 Å². The Morgan fingerprint density at radius 2 is 2.12 bits per heavy atom. The number of nitriles is 1. The summed E-state index contributed by atoms with van der Waals surface area (Å²) in [5.74, 6) is -0.368. The molecule has 17 heavy (non-hydrogen) atoms. The van der Waals surface area contributed by atoms with Crippen LogP contribution in [0.2, 0.25) is 0 Å². The number of nitrogen functional groups attached to an aromatic ring is 1. The number of rotatable bonds is 3. The topological polar surface area (TPSA) is 59.0 Å². The number of nitrogens with two attached hydrogens (primary N) is 1. The lowest BCUT2D eigenvalue weighted by Crippen LogP contribution is -2.17. The molecule has 0 atom stereocenters. The molecule has 0 unspecified atom stereocenters. The monoisotopic (exact) mass is 242 g/mol. The lowest BCUT2D eigenvalue weighted by atomic mass is 10.1. The van der Waals surface area contributed by atoms with Gasteiger partial charge in [0.1, 0.15) is 5.75 Å². The van der Waals surface area contributed by atoms with Crippen molar-refractivity contribution in [3.05, 3.63) is 29.8 Å². The smallest absolute Gasteiger partial charge is 0.406 e. The maximum absolute atomic E-state index is 11.9. The van der Waals surface area contributed by atoms with Crippen molar-refractivity contribution >= 4 is 11.8 Å². The molecule has 3 nitrogen and oxygen atoms in total. The Morgan fingerprint density at radius 1 is 1.41 bits per heavy atom. The van der Waals surface area contributed by atoms with Gasteiger partial charge in [0, 0.05) is 11.8 Å². The molecule has 1 aromatic rings. The zero-order chi connectivity index (χ0) is 12.9. The van der Waals surface area contributed by atoms with E-state index >= 15 is 0 Å². The second kappa shape index (κ2) is 5.25. The number of hydrogen-bond donors (Lipinski definition) is 1. The Bertz CT molecular complexity index is 461. The molecule has 1 aromatic carbocycles. The molecule has 0 saturated heterocycles. The third kappa shape index (κ3) is 4.47. The van der Waals surface area contributed by atoms with Crippen molar-refractivity contribution < 1.29 is 17.9 Å². The number of halogens is 3. The average Bonchev–Trinajstić information content (AvgIpc) is 2.19. The van der Waals surface area contributed by atoms with Crippen LogP contribution in [0.3, 0.4) is 0 Å². The Labute approximate surface area is 95.9 Å². The van der Waals surface area contributed by atoms with Crippen LogP contribution in [0.1, 0.15) is 12.0 Å². The summed E-state index contributed by atoms with van der Waals surface area (Å²) in [6.07, 6.45) is -1.39. The third-order valence-corrected chi connectivity index (χ3v) is 1.80. The van der Waals surface area contributed by atoms with E-state index in [1.54, 1.807) is 12.2 Å². The van der Waals surface area contributed by atoms with Gasteiger partial charge >= 0.3 is 6.36 Å². The highest BCUT2D eigenvalue weighted by Crippen LogP contribution is 2.26. The first kappa shape index (κ1) is 12.9. The van der Waals surface area contributed by atoms with Gasteiger partial charge < -0.3 is 10.5 Å². The third-order valence-electron chi connectivity index (χ3n) is 1.80. The number of nitrogens with zero attached hydrogens (tertiary/aromatic N) is 1. The number of hydrogen-bond acceptors (Lipinski definition) is 3. The highest BCUT2D eigenvalue weighted by atomic mass is 19.4. The fraction of sp³-hybridized carbons (Fsp3) is 0.182. The summed E-state index contributed by atoms with van der Waals surface area (Å²) < 4.78 is 39.4. The molecule has 1 rings (SSSR count). The zero-order valence-corrected chi connectivity index (χ0v) is 8.66. The van der Waals surface area contributed by atoms with Crippen molar-refractivity contribution in [3.63, 3.8) is 0 Å². The lowest BCUT2D eigenvalue weighted by molar-refractivity contribution is -0.274. The molecule has 0 amide bonds. The first-order chi connectivity index (χ1) is 7.92. The van der Waals surface area contributed by atoms with Crippen LogP contribution in [0.15, 0.2) is 24.3 Å². The van der Waals surface area contributed by atoms with Crippen LogP contribution in [0.25, 0.3) is 6.08 Å². The largest absolute Gasteiger partial charge is 0.573 e. The predicted molar refractivity (Wildman–Crippen MR) is 56.8 cm³/mol. The lowest BCUT2D eigenvalue weighted by Gasteiger charge is -2.10. The molecule has 2 N–H and O–H groups in total. The normalized spacial score (nSPS) is 11.4. The van der Waals surface area contributed by atoms with Crippen LogP contribution >= 0.6 is 0 Å². The highest BCUT2D eigenvalue weighted by Gasteiger charge is 2.31. The van der Waals surface area contributed by atoms with Crippen molar-refractivity contribution in [2.45, 2.75) is 12.8 Å². The molecule has 0 aliphatic rings. The van der Waals surface area contributed by atoms with Gasteiger partial charge in [0.25, 0.3) is 0 Å². The van der Waals surface area contributed by atoms with Gasteiger partial charge in [-0.2, -0.15) is 5.26 Å². The minimum absolute atomic E-state index is 0.154. The summed E-state index contributed by atoms with van der Waals surface area (Å²) in [6.45, 7) is 0. The van der Waals surface area contributed by atoms with Gasteiger partial charge in [-0.1, -0.05) is 12.2 Å². The van der Waals surface area contributed by atoms with E-state index in [4.69, 9.17) is 11.0 Å². The van der Waals surface area contributed by atoms with Crippen molar-refractivity contribution in [3.8, 4) is 11.8 Å². The first-order valence-corrected chi connectivity index (χ1v) is 4.61. The van der Waals surface area contributed by atoms with Crippen LogP contribution in [0.5, 0.6) is 5.75 Å². The van der Waals surface area contributed by atoms with E-state index in [-0.39, 0.29) is 17.9 Å². The molecule has 0 spiro atoms. The second-order valence-electron chi connectivity index (χ2n) is 3.10. The molecule has 0 radical (unpaired) electrons. The van der Waals surface area contributed by atoms with Crippen molar-refractivity contribution in [2.75, 3.05) is 5.73 Å². The fourth-order valence-corrected chi connectivity index (χ4v) is 1.14. The van der Waals surface area contributed by atoms with E-state index in [2.05, 4.69) is 4.74 Å². The molecular weight excluding hydrogens is 233 g/mol. The van der Waals surface area contributed by atoms with Crippen LogP contribution in [0, 0.1) is 11.3 Å². The second-order valence-corrected chi connectivity index (χ2v) is 3.10. The summed E-state index contributed by atoms with van der Waals surface area (Å²) in [5.41, 5.74) is 6.23. The van der Waals surface area contributed by atoms with Crippen LogP contribution in [0.4, 0.5) is 18.9 Å². The quantitative estimate of drug-likeness (QED) is 0.828.